The molecule has 0 N–H and O–H groups in total. The van der Waals surface area contributed by atoms with E-state index in [1.807, 2.05) is 49.4 Å². The summed E-state index contributed by atoms with van der Waals surface area (Å²) < 4.78 is 0. The van der Waals surface area contributed by atoms with Crippen molar-refractivity contribution in [1.82, 2.24) is 4.98 Å². The molecule has 0 fully saturated rings. The Morgan fingerprint density at radius 2 is 2.21 bits per heavy atom. The zero-order valence-corrected chi connectivity index (χ0v) is 8.30. The average Bonchev–Trinajstić information content (AvgIpc) is 2.25. The van der Waals surface area contributed by atoms with E-state index in [1.54, 1.807) is 12.4 Å². The van der Waals surface area contributed by atoms with Gasteiger partial charge in [0.25, 0.3) is 0 Å². The van der Waals surface area contributed by atoms with Crippen LogP contribution in [0.25, 0.3) is 6.08 Å². The second-order valence-electron chi connectivity index (χ2n) is 2.65. The minimum Gasteiger partial charge on any atom is -0.293 e. The molecular formula is C12H14N2. The van der Waals surface area contributed by atoms with Crippen molar-refractivity contribution in [3.05, 3.63) is 48.3 Å². The van der Waals surface area contributed by atoms with Gasteiger partial charge in [0, 0.05) is 19.0 Å². The molecule has 0 radical (unpaired) electrons. The van der Waals surface area contributed by atoms with Crippen LogP contribution in [0.1, 0.15) is 12.6 Å². The first-order valence-electron chi connectivity index (χ1n) is 4.67. The topological polar surface area (TPSA) is 25.2 Å². The number of aliphatic imine (C=N–C) groups is 1. The summed E-state index contributed by atoms with van der Waals surface area (Å²) in [6.07, 6.45) is 11.3. The first kappa shape index (κ1) is 10.4. The molecule has 0 aliphatic rings. The van der Waals surface area contributed by atoms with Gasteiger partial charge in [0.2, 0.25) is 0 Å². The van der Waals surface area contributed by atoms with Crippen LogP contribution in [0.5, 0.6) is 0 Å². The lowest BCUT2D eigenvalue weighted by Crippen LogP contribution is -1.75. The van der Waals surface area contributed by atoms with Crippen molar-refractivity contribution in [1.29, 1.82) is 0 Å². The molecule has 1 rings (SSSR count). The highest BCUT2D eigenvalue weighted by Crippen LogP contribution is 1.95. The Morgan fingerprint density at radius 3 is 2.93 bits per heavy atom. The number of hydrogen-bond donors (Lipinski definition) is 0. The molecule has 0 bridgehead atoms. The molecule has 0 unspecified atom stereocenters. The van der Waals surface area contributed by atoms with Gasteiger partial charge in [-0.3, -0.25) is 9.98 Å². The van der Waals surface area contributed by atoms with Crippen LogP contribution in [0.4, 0.5) is 0 Å². The second-order valence-corrected chi connectivity index (χ2v) is 2.65. The minimum atomic E-state index is 0.828. The maximum Gasteiger partial charge on any atom is 0.0629 e. The maximum absolute atomic E-state index is 4.16. The van der Waals surface area contributed by atoms with Gasteiger partial charge in [-0.1, -0.05) is 18.2 Å². The summed E-state index contributed by atoms with van der Waals surface area (Å²) >= 11 is 0. The molecule has 0 aliphatic carbocycles. The van der Waals surface area contributed by atoms with Gasteiger partial charge >= 0.3 is 0 Å². The highest BCUT2D eigenvalue weighted by molar-refractivity contribution is 5.71. The van der Waals surface area contributed by atoms with Gasteiger partial charge in [0.15, 0.2) is 0 Å². The number of rotatable bonds is 4. The number of allylic oxidation sites excluding steroid dienone is 3. The van der Waals surface area contributed by atoms with Crippen molar-refractivity contribution in [2.45, 2.75) is 6.92 Å². The van der Waals surface area contributed by atoms with E-state index in [2.05, 4.69) is 9.98 Å². The third-order valence-electron chi connectivity index (χ3n) is 1.55. The van der Waals surface area contributed by atoms with Gasteiger partial charge in [0.05, 0.1) is 5.69 Å². The SMILES string of the molecule is CCN=C/C=C\C=C\c1ccccn1. The summed E-state index contributed by atoms with van der Waals surface area (Å²) in [5.41, 5.74) is 0.963. The second kappa shape index (κ2) is 6.78. The summed E-state index contributed by atoms with van der Waals surface area (Å²) in [6.45, 7) is 2.84. The molecule has 0 amide bonds. The van der Waals surface area contributed by atoms with E-state index in [9.17, 15) is 0 Å². The third-order valence-corrected chi connectivity index (χ3v) is 1.55. The predicted molar refractivity (Wildman–Crippen MR) is 61.4 cm³/mol. The number of pyridine rings is 1. The largest absolute Gasteiger partial charge is 0.293 e. The molecule has 0 saturated heterocycles. The van der Waals surface area contributed by atoms with E-state index in [-0.39, 0.29) is 0 Å². The summed E-state index contributed by atoms with van der Waals surface area (Å²) in [5.74, 6) is 0. The monoisotopic (exact) mass is 186 g/mol. The van der Waals surface area contributed by atoms with Crippen LogP contribution in [0.15, 0.2) is 47.6 Å². The molecule has 1 aromatic heterocycles. The summed E-state index contributed by atoms with van der Waals surface area (Å²) in [4.78, 5) is 8.21. The predicted octanol–water partition coefficient (Wildman–Crippen LogP) is 2.74. The van der Waals surface area contributed by atoms with Crippen molar-refractivity contribution >= 4 is 12.3 Å². The molecule has 0 aliphatic heterocycles. The van der Waals surface area contributed by atoms with E-state index in [0.717, 1.165) is 12.2 Å². The zero-order chi connectivity index (χ0) is 10.1. The molecule has 1 heterocycles. The molecule has 14 heavy (non-hydrogen) atoms. The Hall–Kier alpha value is -1.70. The molecule has 0 saturated carbocycles. The lowest BCUT2D eigenvalue weighted by Gasteiger charge is -1.87. The van der Waals surface area contributed by atoms with E-state index in [1.165, 1.54) is 0 Å². The van der Waals surface area contributed by atoms with Gasteiger partial charge in [-0.05, 0) is 31.2 Å². The highest BCUT2D eigenvalue weighted by Gasteiger charge is 1.80. The first-order valence-corrected chi connectivity index (χ1v) is 4.67. The van der Waals surface area contributed by atoms with Crippen LogP contribution in [-0.2, 0) is 0 Å². The fraction of sp³-hybridized carbons (Fsp3) is 0.167. The number of nitrogens with zero attached hydrogens (tertiary/aromatic N) is 2. The van der Waals surface area contributed by atoms with E-state index in [4.69, 9.17) is 0 Å². The Bertz CT molecular complexity index is 323. The summed E-state index contributed by atoms with van der Waals surface area (Å²) in [6, 6.07) is 5.83. The lowest BCUT2D eigenvalue weighted by atomic mass is 10.3. The lowest BCUT2D eigenvalue weighted by molar-refractivity contribution is 1.14. The molecule has 0 aromatic carbocycles. The van der Waals surface area contributed by atoms with Crippen molar-refractivity contribution in [2.24, 2.45) is 4.99 Å². The van der Waals surface area contributed by atoms with Gasteiger partial charge in [-0.15, -0.1) is 0 Å². The Balaban J connectivity index is 2.42. The van der Waals surface area contributed by atoms with Gasteiger partial charge in [-0.25, -0.2) is 0 Å². The van der Waals surface area contributed by atoms with E-state index >= 15 is 0 Å². The zero-order valence-electron chi connectivity index (χ0n) is 8.30. The van der Waals surface area contributed by atoms with Crippen LogP contribution >= 0.6 is 0 Å². The fourth-order valence-corrected chi connectivity index (χ4v) is 0.909. The van der Waals surface area contributed by atoms with Crippen molar-refractivity contribution in [2.75, 3.05) is 6.54 Å². The minimum absolute atomic E-state index is 0.828. The molecule has 0 atom stereocenters. The standard InChI is InChI=1S/C12H14N2/c1-2-13-10-6-3-4-8-12-9-5-7-11-14-12/h3-11H,2H2,1H3/b6-3-,8-4+,13-10?. The van der Waals surface area contributed by atoms with Crippen LogP contribution < -0.4 is 0 Å². The quantitative estimate of drug-likeness (QED) is 0.524. The molecule has 72 valence electrons. The highest BCUT2D eigenvalue weighted by atomic mass is 14.7. The van der Waals surface area contributed by atoms with Gasteiger partial charge in [-0.2, -0.15) is 0 Å². The Morgan fingerprint density at radius 1 is 1.29 bits per heavy atom. The van der Waals surface area contributed by atoms with Crippen LogP contribution in [0.2, 0.25) is 0 Å². The summed E-state index contributed by atoms with van der Waals surface area (Å²) in [7, 11) is 0. The van der Waals surface area contributed by atoms with Crippen molar-refractivity contribution < 1.29 is 0 Å². The molecule has 2 heteroatoms. The third kappa shape index (κ3) is 4.36. The van der Waals surface area contributed by atoms with Crippen molar-refractivity contribution in [3.8, 4) is 0 Å². The van der Waals surface area contributed by atoms with Crippen LogP contribution in [0, 0.1) is 0 Å². The van der Waals surface area contributed by atoms with E-state index < -0.39 is 0 Å². The summed E-state index contributed by atoms with van der Waals surface area (Å²) in [5, 5.41) is 0. The molecular weight excluding hydrogens is 172 g/mol. The van der Waals surface area contributed by atoms with Gasteiger partial charge < -0.3 is 0 Å². The normalized spacial score (nSPS) is 12.1. The fourth-order valence-electron chi connectivity index (χ4n) is 0.909. The number of hydrogen-bond acceptors (Lipinski definition) is 2. The molecule has 1 aromatic rings. The molecule has 0 spiro atoms. The van der Waals surface area contributed by atoms with Gasteiger partial charge in [0.1, 0.15) is 0 Å². The van der Waals surface area contributed by atoms with E-state index in [0.29, 0.717) is 0 Å². The number of aromatic nitrogens is 1. The first-order chi connectivity index (χ1) is 6.93. The molecule has 2 nitrogen and oxygen atoms in total. The smallest absolute Gasteiger partial charge is 0.0629 e. The van der Waals surface area contributed by atoms with Crippen molar-refractivity contribution in [3.63, 3.8) is 0 Å². The average molecular weight is 186 g/mol. The Labute approximate surface area is 84.7 Å². The maximum atomic E-state index is 4.16. The van der Waals surface area contributed by atoms with Crippen LogP contribution in [0.3, 0.4) is 0 Å². The Kier molecular flexibility index (Phi) is 5.03. The van der Waals surface area contributed by atoms with Crippen LogP contribution in [-0.4, -0.2) is 17.7 Å².